The molecule has 0 spiro atoms. The number of methoxy groups -OCH3 is 1. The van der Waals surface area contributed by atoms with Crippen molar-refractivity contribution in [2.24, 2.45) is 0 Å². The second kappa shape index (κ2) is 11.1. The maximum Gasteiger partial charge on any atom is 0.222 e. The monoisotopic (exact) mass is 308 g/mol. The van der Waals surface area contributed by atoms with Crippen molar-refractivity contribution in [3.8, 4) is 12.3 Å². The molecule has 5 nitrogen and oxygen atoms in total. The lowest BCUT2D eigenvalue weighted by atomic mass is 10.1. The second-order valence-electron chi connectivity index (χ2n) is 5.70. The van der Waals surface area contributed by atoms with Crippen LogP contribution in [0.2, 0.25) is 0 Å². The molecule has 0 bridgehead atoms. The van der Waals surface area contributed by atoms with Gasteiger partial charge in [0.15, 0.2) is 0 Å². The summed E-state index contributed by atoms with van der Waals surface area (Å²) in [6.07, 6.45) is 11.5. The SMILES string of the molecule is C#CCCCC(=O)NCCCCCC(=O)N1CCC(OC)C1. The topological polar surface area (TPSA) is 58.6 Å². The molecule has 0 aromatic rings. The average molecular weight is 308 g/mol. The van der Waals surface area contributed by atoms with Crippen molar-refractivity contribution in [3.05, 3.63) is 0 Å². The molecule has 0 saturated carbocycles. The van der Waals surface area contributed by atoms with Crippen LogP contribution in [0.3, 0.4) is 0 Å². The van der Waals surface area contributed by atoms with Gasteiger partial charge in [-0.3, -0.25) is 9.59 Å². The Kier molecular flexibility index (Phi) is 9.33. The first-order valence-corrected chi connectivity index (χ1v) is 8.18. The molecule has 0 aromatic carbocycles. The lowest BCUT2D eigenvalue weighted by Crippen LogP contribution is -2.29. The van der Waals surface area contributed by atoms with E-state index in [0.29, 0.717) is 25.8 Å². The van der Waals surface area contributed by atoms with Crippen molar-refractivity contribution in [1.29, 1.82) is 0 Å². The molecule has 0 aromatic heterocycles. The Balaban J connectivity index is 1.96. The van der Waals surface area contributed by atoms with Crippen LogP contribution in [-0.2, 0) is 14.3 Å². The molecule has 1 fully saturated rings. The fourth-order valence-corrected chi connectivity index (χ4v) is 2.55. The van der Waals surface area contributed by atoms with Crippen LogP contribution in [0.25, 0.3) is 0 Å². The van der Waals surface area contributed by atoms with Gasteiger partial charge >= 0.3 is 0 Å². The molecule has 2 amide bonds. The number of ether oxygens (including phenoxy) is 1. The van der Waals surface area contributed by atoms with Crippen molar-refractivity contribution in [1.82, 2.24) is 10.2 Å². The summed E-state index contributed by atoms with van der Waals surface area (Å²) in [4.78, 5) is 25.3. The molecule has 1 unspecified atom stereocenters. The number of hydrogen-bond acceptors (Lipinski definition) is 3. The fourth-order valence-electron chi connectivity index (χ4n) is 2.55. The van der Waals surface area contributed by atoms with Crippen molar-refractivity contribution < 1.29 is 14.3 Å². The van der Waals surface area contributed by atoms with Crippen LogP contribution in [0.1, 0.15) is 51.4 Å². The molecule has 0 aliphatic carbocycles. The van der Waals surface area contributed by atoms with E-state index in [1.54, 1.807) is 7.11 Å². The van der Waals surface area contributed by atoms with Gasteiger partial charge in [0.2, 0.25) is 11.8 Å². The van der Waals surface area contributed by atoms with Gasteiger partial charge in [-0.25, -0.2) is 0 Å². The Hall–Kier alpha value is -1.54. The van der Waals surface area contributed by atoms with Gasteiger partial charge in [-0.2, -0.15) is 0 Å². The van der Waals surface area contributed by atoms with Crippen LogP contribution >= 0.6 is 0 Å². The van der Waals surface area contributed by atoms with Crippen LogP contribution in [0, 0.1) is 12.3 Å². The van der Waals surface area contributed by atoms with Gasteiger partial charge in [0, 0.05) is 46.0 Å². The zero-order chi connectivity index (χ0) is 16.2. The number of hydrogen-bond donors (Lipinski definition) is 1. The summed E-state index contributed by atoms with van der Waals surface area (Å²) < 4.78 is 5.26. The lowest BCUT2D eigenvalue weighted by Gasteiger charge is -2.16. The molecule has 124 valence electrons. The molecule has 1 rings (SSSR count). The van der Waals surface area contributed by atoms with E-state index in [4.69, 9.17) is 11.2 Å². The summed E-state index contributed by atoms with van der Waals surface area (Å²) in [5.74, 6) is 2.81. The maximum atomic E-state index is 12.0. The Labute approximate surface area is 133 Å². The lowest BCUT2D eigenvalue weighted by molar-refractivity contribution is -0.130. The molecular formula is C17H28N2O3. The molecular weight excluding hydrogens is 280 g/mol. The first-order chi connectivity index (χ1) is 10.7. The van der Waals surface area contributed by atoms with Crippen LogP contribution in [0.5, 0.6) is 0 Å². The van der Waals surface area contributed by atoms with Gasteiger partial charge < -0.3 is 15.0 Å². The number of rotatable bonds is 10. The zero-order valence-corrected chi connectivity index (χ0v) is 13.6. The van der Waals surface area contributed by atoms with Crippen molar-refractivity contribution in [3.63, 3.8) is 0 Å². The quantitative estimate of drug-likeness (QED) is 0.494. The number of amides is 2. The minimum absolute atomic E-state index is 0.0639. The van der Waals surface area contributed by atoms with Gasteiger partial charge in [0.25, 0.3) is 0 Å². The highest BCUT2D eigenvalue weighted by molar-refractivity contribution is 5.76. The number of terminal acetylenes is 1. The van der Waals surface area contributed by atoms with E-state index in [0.717, 1.165) is 45.2 Å². The number of carbonyl (C=O) groups excluding carboxylic acids is 2. The van der Waals surface area contributed by atoms with Crippen LogP contribution in [0.15, 0.2) is 0 Å². The van der Waals surface area contributed by atoms with Gasteiger partial charge in [-0.05, 0) is 25.7 Å². The molecule has 5 heteroatoms. The van der Waals surface area contributed by atoms with Gasteiger partial charge in [0.05, 0.1) is 6.10 Å². The second-order valence-corrected chi connectivity index (χ2v) is 5.70. The summed E-state index contributed by atoms with van der Waals surface area (Å²) in [5, 5.41) is 2.88. The summed E-state index contributed by atoms with van der Waals surface area (Å²) in [6, 6.07) is 0. The van der Waals surface area contributed by atoms with E-state index >= 15 is 0 Å². The number of nitrogens with zero attached hydrogens (tertiary/aromatic N) is 1. The van der Waals surface area contributed by atoms with Gasteiger partial charge in [-0.15, -0.1) is 12.3 Å². The Bertz CT molecular complexity index is 390. The molecule has 0 radical (unpaired) electrons. The third kappa shape index (κ3) is 7.46. The smallest absolute Gasteiger partial charge is 0.222 e. The number of likely N-dealkylation sites (tertiary alicyclic amines) is 1. The van der Waals surface area contributed by atoms with E-state index in [1.807, 2.05) is 4.90 Å². The predicted molar refractivity (Wildman–Crippen MR) is 86.2 cm³/mol. The van der Waals surface area contributed by atoms with E-state index in [2.05, 4.69) is 11.2 Å². The Morgan fingerprint density at radius 2 is 2.09 bits per heavy atom. The number of carbonyl (C=O) groups is 2. The molecule has 1 heterocycles. The molecule has 22 heavy (non-hydrogen) atoms. The van der Waals surface area contributed by atoms with Crippen molar-refractivity contribution in [2.75, 3.05) is 26.7 Å². The van der Waals surface area contributed by atoms with E-state index in [1.165, 1.54) is 0 Å². The molecule has 1 aliphatic heterocycles. The molecule has 1 saturated heterocycles. The first-order valence-electron chi connectivity index (χ1n) is 8.18. The summed E-state index contributed by atoms with van der Waals surface area (Å²) in [6.45, 7) is 2.21. The van der Waals surface area contributed by atoms with Crippen LogP contribution < -0.4 is 5.32 Å². The minimum atomic E-state index is 0.0639. The van der Waals surface area contributed by atoms with Crippen LogP contribution in [0.4, 0.5) is 0 Å². The van der Waals surface area contributed by atoms with E-state index < -0.39 is 0 Å². The minimum Gasteiger partial charge on any atom is -0.380 e. The normalized spacial score (nSPS) is 17.3. The first kappa shape index (κ1) is 18.5. The number of nitrogens with one attached hydrogen (secondary N) is 1. The summed E-state index contributed by atoms with van der Waals surface area (Å²) in [7, 11) is 1.69. The van der Waals surface area contributed by atoms with Crippen molar-refractivity contribution in [2.45, 2.75) is 57.5 Å². The molecule has 1 atom stereocenters. The Morgan fingerprint density at radius 1 is 1.27 bits per heavy atom. The van der Waals surface area contributed by atoms with Gasteiger partial charge in [0.1, 0.15) is 0 Å². The average Bonchev–Trinajstić information content (AvgIpc) is 3.00. The maximum absolute atomic E-state index is 12.0. The van der Waals surface area contributed by atoms with Crippen LogP contribution in [-0.4, -0.2) is 49.6 Å². The van der Waals surface area contributed by atoms with Crippen molar-refractivity contribution >= 4 is 11.8 Å². The largest absolute Gasteiger partial charge is 0.380 e. The highest BCUT2D eigenvalue weighted by Gasteiger charge is 2.25. The molecule has 1 aliphatic rings. The van der Waals surface area contributed by atoms with E-state index in [-0.39, 0.29) is 17.9 Å². The third-order valence-corrected chi connectivity index (χ3v) is 3.95. The standard InChI is InChI=1S/C17H28N2O3/c1-3-4-6-9-16(20)18-12-8-5-7-10-17(21)19-13-11-15(14-19)22-2/h1,15H,4-14H2,2H3,(H,18,20). The third-order valence-electron chi connectivity index (χ3n) is 3.95. The Morgan fingerprint density at radius 3 is 2.77 bits per heavy atom. The van der Waals surface area contributed by atoms with Gasteiger partial charge in [-0.1, -0.05) is 6.42 Å². The fraction of sp³-hybridized carbons (Fsp3) is 0.765. The summed E-state index contributed by atoms with van der Waals surface area (Å²) >= 11 is 0. The predicted octanol–water partition coefficient (Wildman–Crippen LogP) is 1.71. The molecule has 1 N–H and O–H groups in total. The zero-order valence-electron chi connectivity index (χ0n) is 13.6. The van der Waals surface area contributed by atoms with E-state index in [9.17, 15) is 9.59 Å². The number of unbranched alkanes of at least 4 members (excludes halogenated alkanes) is 3. The highest BCUT2D eigenvalue weighted by atomic mass is 16.5. The summed E-state index contributed by atoms with van der Waals surface area (Å²) in [5.41, 5.74) is 0. The highest BCUT2D eigenvalue weighted by Crippen LogP contribution is 2.14.